The van der Waals surface area contributed by atoms with E-state index in [0.717, 1.165) is 11.7 Å². The molecule has 1 N–H and O–H groups in total. The van der Waals surface area contributed by atoms with E-state index in [4.69, 9.17) is 11.6 Å². The Labute approximate surface area is 137 Å². The molecule has 1 aromatic carbocycles. The van der Waals surface area contributed by atoms with Crippen LogP contribution in [0.4, 0.5) is 5.69 Å². The number of carbonyl (C=O) groups is 2. The van der Waals surface area contributed by atoms with Gasteiger partial charge < -0.3 is 10.2 Å². The number of aromatic nitrogens is 2. The quantitative estimate of drug-likeness (QED) is 0.877. The summed E-state index contributed by atoms with van der Waals surface area (Å²) >= 11 is 7.17. The highest BCUT2D eigenvalue weighted by Crippen LogP contribution is 2.30. The molecular formula is C14H17ClN4O2S. The molecule has 118 valence electrons. The number of hydrogen-bond acceptors (Lipinski definition) is 5. The molecule has 0 aliphatic rings. The van der Waals surface area contributed by atoms with Gasteiger partial charge in [-0.2, -0.15) is 8.75 Å². The van der Waals surface area contributed by atoms with Crippen molar-refractivity contribution >= 4 is 51.9 Å². The van der Waals surface area contributed by atoms with E-state index in [9.17, 15) is 9.59 Å². The third kappa shape index (κ3) is 3.72. The standard InChI is InChI=1S/C14H17ClN4O2S/c1-3-19(4-2)12(21)8-7-11(20)16-13-9(15)5-6-10-14(13)18-22-17-10/h5-6H,3-4,7-8H2,1-2H3,(H,16,20). The van der Waals surface area contributed by atoms with Crippen LogP contribution < -0.4 is 5.32 Å². The maximum Gasteiger partial charge on any atom is 0.224 e. The fourth-order valence-corrected chi connectivity index (χ4v) is 2.84. The Balaban J connectivity index is 2.01. The second-order valence-corrected chi connectivity index (χ2v) is 5.60. The summed E-state index contributed by atoms with van der Waals surface area (Å²) in [4.78, 5) is 25.6. The van der Waals surface area contributed by atoms with Crippen molar-refractivity contribution in [2.24, 2.45) is 0 Å². The highest BCUT2D eigenvalue weighted by atomic mass is 35.5. The van der Waals surface area contributed by atoms with Crippen molar-refractivity contribution in [1.29, 1.82) is 0 Å². The van der Waals surface area contributed by atoms with Crippen LogP contribution in [-0.2, 0) is 9.59 Å². The fourth-order valence-electron chi connectivity index (χ4n) is 2.10. The van der Waals surface area contributed by atoms with E-state index >= 15 is 0 Å². The van der Waals surface area contributed by atoms with Gasteiger partial charge in [-0.05, 0) is 26.0 Å². The largest absolute Gasteiger partial charge is 0.343 e. The Hall–Kier alpha value is -1.73. The van der Waals surface area contributed by atoms with Crippen LogP contribution in [0.5, 0.6) is 0 Å². The molecule has 0 saturated heterocycles. The zero-order chi connectivity index (χ0) is 16.1. The van der Waals surface area contributed by atoms with Gasteiger partial charge in [0.25, 0.3) is 0 Å². The molecule has 0 aliphatic heterocycles. The van der Waals surface area contributed by atoms with Crippen molar-refractivity contribution in [1.82, 2.24) is 13.6 Å². The number of hydrogen-bond donors (Lipinski definition) is 1. The van der Waals surface area contributed by atoms with Gasteiger partial charge in [-0.15, -0.1) is 0 Å². The first kappa shape index (κ1) is 16.6. The summed E-state index contributed by atoms with van der Waals surface area (Å²) in [7, 11) is 0. The second-order valence-electron chi connectivity index (χ2n) is 4.67. The van der Waals surface area contributed by atoms with Crippen LogP contribution in [0.15, 0.2) is 12.1 Å². The Morgan fingerprint density at radius 3 is 2.64 bits per heavy atom. The number of fused-ring (bicyclic) bond motifs is 1. The molecule has 22 heavy (non-hydrogen) atoms. The lowest BCUT2D eigenvalue weighted by atomic mass is 10.2. The topological polar surface area (TPSA) is 75.2 Å². The van der Waals surface area contributed by atoms with Crippen molar-refractivity contribution in [3.63, 3.8) is 0 Å². The molecule has 0 radical (unpaired) electrons. The number of anilines is 1. The van der Waals surface area contributed by atoms with Gasteiger partial charge in [0.05, 0.1) is 22.4 Å². The monoisotopic (exact) mass is 340 g/mol. The summed E-state index contributed by atoms with van der Waals surface area (Å²) in [5.41, 5.74) is 1.71. The first-order valence-corrected chi connectivity index (χ1v) is 8.16. The first-order chi connectivity index (χ1) is 10.6. The van der Waals surface area contributed by atoms with Gasteiger partial charge in [0.1, 0.15) is 11.0 Å². The molecule has 6 nitrogen and oxygen atoms in total. The number of amides is 2. The second kappa shape index (κ2) is 7.51. The van der Waals surface area contributed by atoms with Crippen molar-refractivity contribution < 1.29 is 9.59 Å². The van der Waals surface area contributed by atoms with Crippen molar-refractivity contribution in [3.05, 3.63) is 17.2 Å². The third-order valence-corrected chi connectivity index (χ3v) is 4.18. The SMILES string of the molecule is CCN(CC)C(=O)CCC(=O)Nc1c(Cl)ccc2nsnc12. The van der Waals surface area contributed by atoms with Crippen LogP contribution in [0.1, 0.15) is 26.7 Å². The van der Waals surface area contributed by atoms with Crippen LogP contribution in [0, 0.1) is 0 Å². The summed E-state index contributed by atoms with van der Waals surface area (Å²) in [6.45, 7) is 5.12. The van der Waals surface area contributed by atoms with Crippen LogP contribution in [-0.4, -0.2) is 38.6 Å². The minimum atomic E-state index is -0.261. The van der Waals surface area contributed by atoms with E-state index in [-0.39, 0.29) is 24.7 Å². The zero-order valence-corrected chi connectivity index (χ0v) is 14.0. The predicted molar refractivity (Wildman–Crippen MR) is 88.2 cm³/mol. The summed E-state index contributed by atoms with van der Waals surface area (Å²) in [5, 5.41) is 3.14. The number of rotatable bonds is 6. The van der Waals surface area contributed by atoms with Crippen LogP contribution in [0.25, 0.3) is 11.0 Å². The molecule has 0 bridgehead atoms. The minimum absolute atomic E-state index is 0.0280. The summed E-state index contributed by atoms with van der Waals surface area (Å²) in [6, 6.07) is 3.42. The lowest BCUT2D eigenvalue weighted by Crippen LogP contribution is -2.31. The van der Waals surface area contributed by atoms with Crippen LogP contribution >= 0.6 is 23.3 Å². The van der Waals surface area contributed by atoms with E-state index in [1.807, 2.05) is 13.8 Å². The maximum absolute atomic E-state index is 12.0. The minimum Gasteiger partial charge on any atom is -0.343 e. The molecule has 2 aromatic rings. The highest BCUT2D eigenvalue weighted by Gasteiger charge is 2.15. The highest BCUT2D eigenvalue weighted by molar-refractivity contribution is 7.00. The molecule has 0 unspecified atom stereocenters. The molecule has 0 aliphatic carbocycles. The van der Waals surface area contributed by atoms with Gasteiger partial charge in [-0.1, -0.05) is 11.6 Å². The average Bonchev–Trinajstić information content (AvgIpc) is 2.98. The number of benzene rings is 1. The van der Waals surface area contributed by atoms with E-state index in [1.54, 1.807) is 17.0 Å². The van der Waals surface area contributed by atoms with Gasteiger partial charge in [0, 0.05) is 25.9 Å². The lowest BCUT2D eigenvalue weighted by Gasteiger charge is -2.18. The molecule has 0 atom stereocenters. The molecule has 0 saturated carbocycles. The first-order valence-electron chi connectivity index (χ1n) is 7.05. The summed E-state index contributed by atoms with van der Waals surface area (Å²) < 4.78 is 8.25. The predicted octanol–water partition coefficient (Wildman–Crippen LogP) is 2.93. The molecule has 0 fully saturated rings. The Bertz CT molecular complexity index is 685. The van der Waals surface area contributed by atoms with Gasteiger partial charge in [0.15, 0.2) is 0 Å². The lowest BCUT2D eigenvalue weighted by molar-refractivity contribution is -0.132. The van der Waals surface area contributed by atoms with Gasteiger partial charge >= 0.3 is 0 Å². The van der Waals surface area contributed by atoms with Crippen molar-refractivity contribution in [2.75, 3.05) is 18.4 Å². The number of halogens is 1. The Kier molecular flexibility index (Phi) is 5.68. The van der Waals surface area contributed by atoms with E-state index in [1.165, 1.54) is 0 Å². The molecule has 1 aromatic heterocycles. The fraction of sp³-hybridized carbons (Fsp3) is 0.429. The molecule has 1 heterocycles. The number of carbonyl (C=O) groups excluding carboxylic acids is 2. The number of nitrogens with zero attached hydrogens (tertiary/aromatic N) is 3. The molecule has 2 amide bonds. The van der Waals surface area contributed by atoms with E-state index < -0.39 is 0 Å². The van der Waals surface area contributed by atoms with Crippen molar-refractivity contribution in [3.8, 4) is 0 Å². The van der Waals surface area contributed by atoms with Crippen LogP contribution in [0.3, 0.4) is 0 Å². The normalized spacial score (nSPS) is 10.7. The Morgan fingerprint density at radius 2 is 1.95 bits per heavy atom. The van der Waals surface area contributed by atoms with Gasteiger partial charge in [-0.3, -0.25) is 9.59 Å². The molecule has 2 rings (SSSR count). The van der Waals surface area contributed by atoms with E-state index in [0.29, 0.717) is 34.8 Å². The molecule has 0 spiro atoms. The van der Waals surface area contributed by atoms with Gasteiger partial charge in [-0.25, -0.2) is 0 Å². The van der Waals surface area contributed by atoms with Crippen molar-refractivity contribution in [2.45, 2.75) is 26.7 Å². The molecule has 8 heteroatoms. The molecular weight excluding hydrogens is 324 g/mol. The number of nitrogens with one attached hydrogen (secondary N) is 1. The third-order valence-electron chi connectivity index (χ3n) is 3.32. The summed E-state index contributed by atoms with van der Waals surface area (Å²) in [5.74, 6) is -0.289. The van der Waals surface area contributed by atoms with E-state index in [2.05, 4.69) is 14.1 Å². The zero-order valence-electron chi connectivity index (χ0n) is 12.4. The van der Waals surface area contributed by atoms with Crippen LogP contribution in [0.2, 0.25) is 5.02 Å². The maximum atomic E-state index is 12.0. The summed E-state index contributed by atoms with van der Waals surface area (Å²) in [6.07, 6.45) is 0.288. The van der Waals surface area contributed by atoms with Gasteiger partial charge in [0.2, 0.25) is 11.8 Å². The smallest absolute Gasteiger partial charge is 0.224 e. The average molecular weight is 341 g/mol. The Morgan fingerprint density at radius 1 is 1.23 bits per heavy atom.